The number of nitrogens with zero attached hydrogens (tertiary/aromatic N) is 3. The Bertz CT molecular complexity index is 482. The van der Waals surface area contributed by atoms with Crippen molar-refractivity contribution >= 4 is 23.0 Å². The van der Waals surface area contributed by atoms with Crippen LogP contribution >= 0.6 is 11.3 Å². The summed E-state index contributed by atoms with van der Waals surface area (Å²) >= 11 is 1.66. The molecule has 0 amide bonds. The number of thiazole rings is 1. The number of aromatic nitrogens is 3. The van der Waals surface area contributed by atoms with Crippen molar-refractivity contribution in [3.63, 3.8) is 0 Å². The van der Waals surface area contributed by atoms with Gasteiger partial charge < -0.3 is 11.1 Å². The first kappa shape index (κ1) is 10.8. The molecule has 6 heteroatoms. The van der Waals surface area contributed by atoms with Gasteiger partial charge in [0.25, 0.3) is 0 Å². The smallest absolute Gasteiger partial charge is 0.169 e. The zero-order valence-electron chi connectivity index (χ0n) is 9.14. The molecule has 2 aromatic heterocycles. The van der Waals surface area contributed by atoms with E-state index in [1.165, 1.54) is 4.88 Å². The topological polar surface area (TPSA) is 76.7 Å². The van der Waals surface area contributed by atoms with E-state index in [1.807, 2.05) is 20.0 Å². The van der Waals surface area contributed by atoms with Crippen molar-refractivity contribution < 1.29 is 0 Å². The highest BCUT2D eigenvalue weighted by Gasteiger charge is 2.11. The van der Waals surface area contributed by atoms with Gasteiger partial charge in [-0.3, -0.25) is 0 Å². The second-order valence-electron chi connectivity index (χ2n) is 3.47. The van der Waals surface area contributed by atoms with Crippen molar-refractivity contribution in [3.05, 3.63) is 28.5 Å². The highest BCUT2D eigenvalue weighted by molar-refractivity contribution is 7.11. The molecule has 1 unspecified atom stereocenters. The molecule has 2 rings (SSSR count). The second-order valence-corrected chi connectivity index (χ2v) is 4.73. The number of nitrogen functional groups attached to an aromatic ring is 1. The molecular weight excluding hydrogens is 222 g/mol. The molecule has 0 aromatic carbocycles. The lowest BCUT2D eigenvalue weighted by atomic mass is 10.3. The van der Waals surface area contributed by atoms with Crippen molar-refractivity contribution in [2.24, 2.45) is 0 Å². The monoisotopic (exact) mass is 235 g/mol. The van der Waals surface area contributed by atoms with Crippen LogP contribution in [0.3, 0.4) is 0 Å². The number of rotatable bonds is 3. The van der Waals surface area contributed by atoms with Crippen LogP contribution in [0.15, 0.2) is 18.6 Å². The summed E-state index contributed by atoms with van der Waals surface area (Å²) in [6.45, 7) is 4.05. The second kappa shape index (κ2) is 4.44. The summed E-state index contributed by atoms with van der Waals surface area (Å²) < 4.78 is 0. The van der Waals surface area contributed by atoms with Gasteiger partial charge in [0.1, 0.15) is 5.01 Å². The minimum atomic E-state index is 0.0812. The maximum absolute atomic E-state index is 5.70. The van der Waals surface area contributed by atoms with Crippen LogP contribution in [-0.4, -0.2) is 15.0 Å². The average Bonchev–Trinajstić information content (AvgIpc) is 2.68. The number of anilines is 2. The van der Waals surface area contributed by atoms with Gasteiger partial charge in [0, 0.05) is 23.5 Å². The molecular formula is C10H13N5S. The number of aryl methyl sites for hydroxylation is 1. The van der Waals surface area contributed by atoms with Crippen LogP contribution in [0, 0.1) is 6.92 Å². The van der Waals surface area contributed by atoms with Gasteiger partial charge in [-0.2, -0.15) is 0 Å². The first-order chi connectivity index (χ1) is 7.66. The van der Waals surface area contributed by atoms with Crippen LogP contribution < -0.4 is 11.1 Å². The molecule has 84 valence electrons. The summed E-state index contributed by atoms with van der Waals surface area (Å²) in [5, 5.41) is 4.21. The van der Waals surface area contributed by atoms with Crippen LogP contribution in [-0.2, 0) is 0 Å². The maximum atomic E-state index is 5.70. The van der Waals surface area contributed by atoms with E-state index >= 15 is 0 Å². The van der Waals surface area contributed by atoms with E-state index in [0.717, 1.165) is 5.01 Å². The molecule has 0 bridgehead atoms. The summed E-state index contributed by atoms with van der Waals surface area (Å²) in [4.78, 5) is 13.6. The summed E-state index contributed by atoms with van der Waals surface area (Å²) in [5.74, 6) is 1.01. The molecule has 0 spiro atoms. The predicted octanol–water partition coefficient (Wildman–Crippen LogP) is 2.00. The number of hydrogen-bond donors (Lipinski definition) is 2. The maximum Gasteiger partial charge on any atom is 0.169 e. The molecule has 0 aliphatic heterocycles. The van der Waals surface area contributed by atoms with E-state index in [4.69, 9.17) is 5.73 Å². The normalized spacial score (nSPS) is 12.4. The van der Waals surface area contributed by atoms with Crippen molar-refractivity contribution in [1.82, 2.24) is 15.0 Å². The Balaban J connectivity index is 2.13. The molecule has 16 heavy (non-hydrogen) atoms. The Morgan fingerprint density at radius 3 is 2.69 bits per heavy atom. The highest BCUT2D eigenvalue weighted by atomic mass is 32.1. The third-order valence-electron chi connectivity index (χ3n) is 2.09. The Kier molecular flexibility index (Phi) is 3.00. The molecule has 3 N–H and O–H groups in total. The van der Waals surface area contributed by atoms with Gasteiger partial charge in [-0.15, -0.1) is 11.3 Å². The minimum absolute atomic E-state index is 0.0812. The van der Waals surface area contributed by atoms with Gasteiger partial charge in [-0.05, 0) is 13.8 Å². The average molecular weight is 235 g/mol. The van der Waals surface area contributed by atoms with E-state index in [0.29, 0.717) is 11.6 Å². The molecule has 0 aliphatic rings. The van der Waals surface area contributed by atoms with Crippen molar-refractivity contribution in [3.8, 4) is 0 Å². The molecule has 1 atom stereocenters. The van der Waals surface area contributed by atoms with E-state index in [9.17, 15) is 0 Å². The van der Waals surface area contributed by atoms with Gasteiger partial charge in [0.2, 0.25) is 0 Å². The van der Waals surface area contributed by atoms with Crippen LogP contribution in [0.4, 0.5) is 11.6 Å². The fourth-order valence-electron chi connectivity index (χ4n) is 1.30. The lowest BCUT2D eigenvalue weighted by Gasteiger charge is -2.12. The molecule has 0 saturated heterocycles. The van der Waals surface area contributed by atoms with Gasteiger partial charge >= 0.3 is 0 Å². The Hall–Kier alpha value is -1.69. The van der Waals surface area contributed by atoms with Crippen molar-refractivity contribution in [2.75, 3.05) is 11.1 Å². The van der Waals surface area contributed by atoms with Crippen LogP contribution in [0.5, 0.6) is 0 Å². The zero-order chi connectivity index (χ0) is 11.5. The van der Waals surface area contributed by atoms with Gasteiger partial charge in [-0.1, -0.05) is 0 Å². The molecule has 5 nitrogen and oxygen atoms in total. The SMILES string of the molecule is Cc1cnc(C(C)Nc2nccnc2N)s1. The molecule has 0 aliphatic carbocycles. The third kappa shape index (κ3) is 2.27. The van der Waals surface area contributed by atoms with Gasteiger partial charge in [-0.25, -0.2) is 15.0 Å². The first-order valence-corrected chi connectivity index (χ1v) is 5.74. The van der Waals surface area contributed by atoms with Gasteiger partial charge in [0.05, 0.1) is 6.04 Å². The molecule has 2 heterocycles. The van der Waals surface area contributed by atoms with Gasteiger partial charge in [0.15, 0.2) is 11.6 Å². The van der Waals surface area contributed by atoms with E-state index < -0.39 is 0 Å². The largest absolute Gasteiger partial charge is 0.381 e. The number of hydrogen-bond acceptors (Lipinski definition) is 6. The van der Waals surface area contributed by atoms with Crippen molar-refractivity contribution in [2.45, 2.75) is 19.9 Å². The molecule has 0 radical (unpaired) electrons. The fraction of sp³-hybridized carbons (Fsp3) is 0.300. The van der Waals surface area contributed by atoms with E-state index in [2.05, 4.69) is 20.3 Å². The summed E-state index contributed by atoms with van der Waals surface area (Å²) in [7, 11) is 0. The number of nitrogens with one attached hydrogen (secondary N) is 1. The molecule has 2 aromatic rings. The highest BCUT2D eigenvalue weighted by Crippen LogP contribution is 2.23. The first-order valence-electron chi connectivity index (χ1n) is 4.92. The van der Waals surface area contributed by atoms with Crippen LogP contribution in [0.1, 0.15) is 22.9 Å². The summed E-state index contributed by atoms with van der Waals surface area (Å²) in [6.07, 6.45) is 5.04. The third-order valence-corrected chi connectivity index (χ3v) is 3.18. The summed E-state index contributed by atoms with van der Waals surface area (Å²) in [6, 6.07) is 0.0812. The Labute approximate surface area is 97.8 Å². The minimum Gasteiger partial charge on any atom is -0.381 e. The fourth-order valence-corrected chi connectivity index (χ4v) is 2.08. The van der Waals surface area contributed by atoms with Crippen LogP contribution in [0.25, 0.3) is 0 Å². The summed E-state index contributed by atoms with van der Waals surface area (Å²) in [5.41, 5.74) is 5.70. The van der Waals surface area contributed by atoms with E-state index in [-0.39, 0.29) is 6.04 Å². The van der Waals surface area contributed by atoms with Crippen LogP contribution in [0.2, 0.25) is 0 Å². The van der Waals surface area contributed by atoms with E-state index in [1.54, 1.807) is 23.7 Å². The predicted molar refractivity (Wildman–Crippen MR) is 65.3 cm³/mol. The number of nitrogens with two attached hydrogens (primary N) is 1. The molecule has 0 saturated carbocycles. The zero-order valence-corrected chi connectivity index (χ0v) is 9.95. The lowest BCUT2D eigenvalue weighted by Crippen LogP contribution is -2.10. The Morgan fingerprint density at radius 1 is 1.31 bits per heavy atom. The molecule has 0 fully saturated rings. The van der Waals surface area contributed by atoms with Crippen molar-refractivity contribution in [1.29, 1.82) is 0 Å². The Morgan fingerprint density at radius 2 is 2.06 bits per heavy atom. The standard InChI is InChI=1S/C10H13N5S/c1-6-5-14-10(16-6)7(2)15-9-8(11)12-3-4-13-9/h3-5,7H,1-2H3,(H2,11,12)(H,13,15). The lowest BCUT2D eigenvalue weighted by molar-refractivity contribution is 0.859. The quantitative estimate of drug-likeness (QED) is 0.850.